The van der Waals surface area contributed by atoms with Crippen molar-refractivity contribution in [3.8, 4) is 0 Å². The Balaban J connectivity index is 1.34. The van der Waals surface area contributed by atoms with E-state index in [4.69, 9.17) is 0 Å². The number of anilines is 2. The largest absolute Gasteiger partial charge is 0.361 e. The first-order chi connectivity index (χ1) is 12.8. The Labute approximate surface area is 154 Å². The zero-order valence-corrected chi connectivity index (χ0v) is 14.7. The van der Waals surface area contributed by atoms with Crippen molar-refractivity contribution in [1.29, 1.82) is 0 Å². The maximum atomic E-state index is 12.3. The van der Waals surface area contributed by atoms with Gasteiger partial charge in [-0.3, -0.25) is 9.78 Å². The highest BCUT2D eigenvalue weighted by atomic mass is 32.1. The van der Waals surface area contributed by atoms with Gasteiger partial charge in [-0.25, -0.2) is 4.98 Å². The molecule has 6 nitrogen and oxygen atoms in total. The van der Waals surface area contributed by atoms with Gasteiger partial charge in [0.2, 0.25) is 0 Å². The number of amides is 1. The molecule has 0 saturated heterocycles. The lowest BCUT2D eigenvalue weighted by molar-refractivity contribution is 0.0950. The van der Waals surface area contributed by atoms with Crippen LogP contribution in [-0.4, -0.2) is 27.4 Å². The lowest BCUT2D eigenvalue weighted by atomic mass is 10.1. The summed E-state index contributed by atoms with van der Waals surface area (Å²) in [5.41, 5.74) is 3.56. The summed E-state index contributed by atoms with van der Waals surface area (Å²) in [4.78, 5) is 23.9. The molecule has 3 aromatic heterocycles. The van der Waals surface area contributed by atoms with Gasteiger partial charge >= 0.3 is 0 Å². The molecule has 0 atom stereocenters. The topological polar surface area (TPSA) is 82.7 Å². The Hall–Kier alpha value is -3.19. The van der Waals surface area contributed by atoms with Crippen molar-refractivity contribution in [2.45, 2.75) is 6.42 Å². The molecule has 0 saturated carbocycles. The van der Waals surface area contributed by atoms with Crippen molar-refractivity contribution in [2.24, 2.45) is 0 Å². The first-order valence-corrected chi connectivity index (χ1v) is 9.13. The molecule has 4 rings (SSSR count). The quantitative estimate of drug-likeness (QED) is 0.487. The number of H-pyrrole nitrogens is 1. The summed E-state index contributed by atoms with van der Waals surface area (Å²) < 4.78 is 0. The van der Waals surface area contributed by atoms with Crippen LogP contribution in [0.1, 0.15) is 16.1 Å². The molecule has 0 aliphatic heterocycles. The lowest BCUT2D eigenvalue weighted by Gasteiger charge is -2.03. The Morgan fingerprint density at radius 3 is 3.00 bits per heavy atom. The second-order valence-electron chi connectivity index (χ2n) is 5.77. The maximum Gasteiger partial charge on any atom is 0.270 e. The Morgan fingerprint density at radius 1 is 1.19 bits per heavy atom. The van der Waals surface area contributed by atoms with E-state index >= 15 is 0 Å². The molecule has 0 bridgehead atoms. The van der Waals surface area contributed by atoms with Gasteiger partial charge in [-0.1, -0.05) is 18.2 Å². The fourth-order valence-electron chi connectivity index (χ4n) is 2.74. The first kappa shape index (κ1) is 16.3. The van der Waals surface area contributed by atoms with E-state index < -0.39 is 0 Å². The number of nitrogens with one attached hydrogen (secondary N) is 3. The van der Waals surface area contributed by atoms with Crippen LogP contribution < -0.4 is 10.6 Å². The van der Waals surface area contributed by atoms with Crippen molar-refractivity contribution in [2.75, 3.05) is 11.9 Å². The molecule has 0 fully saturated rings. The molecule has 4 aromatic rings. The van der Waals surface area contributed by atoms with E-state index in [1.807, 2.05) is 36.5 Å². The lowest BCUT2D eigenvalue weighted by Crippen LogP contribution is -2.25. The number of thiazole rings is 1. The van der Waals surface area contributed by atoms with Crippen LogP contribution in [0.3, 0.4) is 0 Å². The van der Waals surface area contributed by atoms with Crippen LogP contribution in [0.4, 0.5) is 10.8 Å². The van der Waals surface area contributed by atoms with E-state index in [1.165, 1.54) is 22.3 Å². The molecule has 3 heterocycles. The predicted octanol–water partition coefficient (Wildman–Crippen LogP) is 3.74. The molecular formula is C19H17N5OS. The summed E-state index contributed by atoms with van der Waals surface area (Å²) in [6.45, 7) is 0.559. The standard InChI is InChI=1S/C19H17N5OS/c25-18(17-12-26-19(24-17)23-14-4-3-8-20-11-14)21-9-7-13-10-22-16-6-2-1-5-15(13)16/h1-6,8,10-12,22H,7,9H2,(H,21,25)(H,23,24). The highest BCUT2D eigenvalue weighted by Gasteiger charge is 2.11. The molecule has 1 aromatic carbocycles. The van der Waals surface area contributed by atoms with E-state index in [9.17, 15) is 4.79 Å². The van der Waals surface area contributed by atoms with E-state index in [0.717, 1.165) is 17.6 Å². The first-order valence-electron chi connectivity index (χ1n) is 8.25. The molecular weight excluding hydrogens is 346 g/mol. The van der Waals surface area contributed by atoms with E-state index in [-0.39, 0.29) is 5.91 Å². The van der Waals surface area contributed by atoms with Crippen LogP contribution in [-0.2, 0) is 6.42 Å². The number of aromatic nitrogens is 3. The fourth-order valence-corrected chi connectivity index (χ4v) is 3.45. The molecule has 0 unspecified atom stereocenters. The second kappa shape index (κ2) is 7.37. The average molecular weight is 363 g/mol. The van der Waals surface area contributed by atoms with Crippen LogP contribution in [0.25, 0.3) is 10.9 Å². The van der Waals surface area contributed by atoms with Crippen LogP contribution in [0.15, 0.2) is 60.4 Å². The van der Waals surface area contributed by atoms with Gasteiger partial charge in [-0.15, -0.1) is 11.3 Å². The SMILES string of the molecule is O=C(NCCc1c[nH]c2ccccc12)c1csc(Nc2cccnc2)n1. The van der Waals surface area contributed by atoms with Gasteiger partial charge in [0.05, 0.1) is 11.9 Å². The summed E-state index contributed by atoms with van der Waals surface area (Å²) in [5, 5.41) is 9.68. The maximum absolute atomic E-state index is 12.3. The molecule has 0 spiro atoms. The fraction of sp³-hybridized carbons (Fsp3) is 0.105. The summed E-state index contributed by atoms with van der Waals surface area (Å²) in [7, 11) is 0. The van der Waals surface area contributed by atoms with E-state index in [2.05, 4.69) is 31.7 Å². The van der Waals surface area contributed by atoms with Gasteiger partial charge in [-0.2, -0.15) is 0 Å². The van der Waals surface area contributed by atoms with Crippen LogP contribution in [0.5, 0.6) is 0 Å². The number of rotatable bonds is 6. The van der Waals surface area contributed by atoms with Gasteiger partial charge < -0.3 is 15.6 Å². The summed E-state index contributed by atoms with van der Waals surface area (Å²) >= 11 is 1.39. The van der Waals surface area contributed by atoms with Gasteiger partial charge in [0.1, 0.15) is 5.69 Å². The molecule has 0 radical (unpaired) electrons. The van der Waals surface area contributed by atoms with Crippen molar-refractivity contribution < 1.29 is 4.79 Å². The average Bonchev–Trinajstić information content (AvgIpc) is 3.30. The van der Waals surface area contributed by atoms with E-state index in [0.29, 0.717) is 17.4 Å². The molecule has 3 N–H and O–H groups in total. The summed E-state index contributed by atoms with van der Waals surface area (Å²) in [6.07, 6.45) is 6.18. The number of fused-ring (bicyclic) bond motifs is 1. The zero-order valence-electron chi connectivity index (χ0n) is 13.9. The van der Waals surface area contributed by atoms with Crippen molar-refractivity contribution in [3.05, 3.63) is 71.6 Å². The third-order valence-corrected chi connectivity index (χ3v) is 4.76. The predicted molar refractivity (Wildman–Crippen MR) is 104 cm³/mol. The number of hydrogen-bond acceptors (Lipinski definition) is 5. The van der Waals surface area contributed by atoms with Crippen LogP contribution in [0.2, 0.25) is 0 Å². The number of pyridine rings is 1. The number of carbonyl (C=O) groups excluding carboxylic acids is 1. The normalized spacial score (nSPS) is 10.8. The summed E-state index contributed by atoms with van der Waals surface area (Å²) in [6, 6.07) is 11.9. The second-order valence-corrected chi connectivity index (χ2v) is 6.63. The Kier molecular flexibility index (Phi) is 4.61. The minimum Gasteiger partial charge on any atom is -0.361 e. The minimum atomic E-state index is -0.166. The highest BCUT2D eigenvalue weighted by Crippen LogP contribution is 2.20. The minimum absolute atomic E-state index is 0.166. The Morgan fingerprint density at radius 2 is 2.12 bits per heavy atom. The number of benzene rings is 1. The smallest absolute Gasteiger partial charge is 0.270 e. The van der Waals surface area contributed by atoms with Gasteiger partial charge in [0, 0.05) is 35.2 Å². The molecule has 7 heteroatoms. The van der Waals surface area contributed by atoms with E-state index in [1.54, 1.807) is 17.8 Å². The molecule has 0 aliphatic rings. The molecule has 26 heavy (non-hydrogen) atoms. The van der Waals surface area contributed by atoms with Crippen molar-refractivity contribution >= 4 is 39.0 Å². The van der Waals surface area contributed by atoms with Gasteiger partial charge in [0.25, 0.3) is 5.91 Å². The molecule has 0 aliphatic carbocycles. The third kappa shape index (κ3) is 3.57. The van der Waals surface area contributed by atoms with Crippen molar-refractivity contribution in [3.63, 3.8) is 0 Å². The highest BCUT2D eigenvalue weighted by molar-refractivity contribution is 7.14. The zero-order chi connectivity index (χ0) is 17.8. The number of nitrogens with zero attached hydrogens (tertiary/aromatic N) is 2. The monoisotopic (exact) mass is 363 g/mol. The van der Waals surface area contributed by atoms with Crippen molar-refractivity contribution in [1.82, 2.24) is 20.3 Å². The van der Waals surface area contributed by atoms with Gasteiger partial charge in [-0.05, 0) is 30.2 Å². The number of carbonyl (C=O) groups is 1. The van der Waals surface area contributed by atoms with Crippen LogP contribution in [0, 0.1) is 0 Å². The Bertz CT molecular complexity index is 1020. The van der Waals surface area contributed by atoms with Gasteiger partial charge in [0.15, 0.2) is 5.13 Å². The number of hydrogen-bond donors (Lipinski definition) is 3. The number of aromatic amines is 1. The molecule has 130 valence electrons. The molecule has 1 amide bonds. The number of para-hydroxylation sites is 1. The summed E-state index contributed by atoms with van der Waals surface area (Å²) in [5.74, 6) is -0.166. The third-order valence-electron chi connectivity index (χ3n) is 4.00. The van der Waals surface area contributed by atoms with Crippen LogP contribution >= 0.6 is 11.3 Å².